The smallest absolute Gasteiger partial charge is 0.326 e. The number of hydrogen-bond acceptors (Lipinski definition) is 9. The van der Waals surface area contributed by atoms with Gasteiger partial charge in [0, 0.05) is 23.0 Å². The summed E-state index contributed by atoms with van der Waals surface area (Å²) in [6, 6.07) is 6.06. The molecule has 36 heavy (non-hydrogen) atoms. The van der Waals surface area contributed by atoms with Crippen LogP contribution in [0.2, 0.25) is 5.15 Å². The Morgan fingerprint density at radius 3 is 2.69 bits per heavy atom. The number of aromatic nitrogens is 4. The van der Waals surface area contributed by atoms with Gasteiger partial charge in [0.2, 0.25) is 0 Å². The summed E-state index contributed by atoms with van der Waals surface area (Å²) in [5.74, 6) is -0.466. The van der Waals surface area contributed by atoms with Gasteiger partial charge in [0.25, 0.3) is 5.91 Å². The van der Waals surface area contributed by atoms with E-state index in [1.807, 2.05) is 13.8 Å². The molecule has 12 heteroatoms. The highest BCUT2D eigenvalue weighted by molar-refractivity contribution is 7.22. The normalized spacial score (nSPS) is 11.8. The van der Waals surface area contributed by atoms with Crippen molar-refractivity contribution in [2.24, 2.45) is 0 Å². The molecular formula is C24H23ClN6O4S. The topological polar surface area (TPSA) is 139 Å². The third kappa shape index (κ3) is 5.52. The lowest BCUT2D eigenvalue weighted by Gasteiger charge is -2.13. The number of hydrogen-bond donors (Lipinski definition) is 3. The molecule has 0 aliphatic rings. The number of ether oxygens (including phenoxy) is 1. The molecule has 4 heterocycles. The minimum Gasteiger partial charge on any atom is -0.494 e. The Labute approximate surface area is 215 Å². The second kappa shape index (κ2) is 10.8. The summed E-state index contributed by atoms with van der Waals surface area (Å²) in [6.07, 6.45) is 4.17. The van der Waals surface area contributed by atoms with Gasteiger partial charge in [-0.25, -0.2) is 19.7 Å². The maximum atomic E-state index is 13.3. The molecule has 0 radical (unpaired) electrons. The highest BCUT2D eigenvalue weighted by atomic mass is 35.5. The molecule has 0 fully saturated rings. The first-order valence-corrected chi connectivity index (χ1v) is 12.2. The second-order valence-electron chi connectivity index (χ2n) is 7.90. The van der Waals surface area contributed by atoms with Crippen molar-refractivity contribution in [1.82, 2.24) is 19.9 Å². The molecule has 1 atom stereocenters. The molecule has 10 nitrogen and oxygen atoms in total. The minimum absolute atomic E-state index is 0.261. The summed E-state index contributed by atoms with van der Waals surface area (Å²) in [5.41, 5.74) is 2.79. The molecule has 186 valence electrons. The van der Waals surface area contributed by atoms with Crippen LogP contribution in [0.15, 0.2) is 36.7 Å². The number of thiazole rings is 1. The molecule has 0 spiro atoms. The van der Waals surface area contributed by atoms with E-state index in [4.69, 9.17) is 16.3 Å². The van der Waals surface area contributed by atoms with E-state index >= 15 is 0 Å². The number of halogens is 1. The summed E-state index contributed by atoms with van der Waals surface area (Å²) >= 11 is 7.29. The molecule has 4 aromatic rings. The molecule has 3 N–H and O–H groups in total. The van der Waals surface area contributed by atoms with Gasteiger partial charge in [-0.15, -0.1) is 0 Å². The average molecular weight is 527 g/mol. The number of anilines is 2. The van der Waals surface area contributed by atoms with Crippen molar-refractivity contribution in [3.8, 4) is 16.9 Å². The number of nitrogens with one attached hydrogen (secondary N) is 2. The lowest BCUT2D eigenvalue weighted by Crippen LogP contribution is -2.29. The third-order valence-electron chi connectivity index (χ3n) is 5.30. The number of nitrogens with zero attached hydrogens (tertiary/aromatic N) is 4. The number of aliphatic carboxylic acids is 1. The van der Waals surface area contributed by atoms with Gasteiger partial charge in [-0.3, -0.25) is 15.1 Å². The van der Waals surface area contributed by atoms with Gasteiger partial charge in [-0.1, -0.05) is 36.3 Å². The summed E-state index contributed by atoms with van der Waals surface area (Å²) < 4.78 is 5.42. The van der Waals surface area contributed by atoms with Crippen LogP contribution in [0, 0.1) is 6.92 Å². The Bertz CT molecular complexity index is 1440. The maximum Gasteiger partial charge on any atom is 0.326 e. The van der Waals surface area contributed by atoms with Crippen LogP contribution in [0.25, 0.3) is 21.5 Å². The molecule has 0 aliphatic heterocycles. The van der Waals surface area contributed by atoms with Crippen molar-refractivity contribution >= 4 is 56.1 Å². The van der Waals surface area contributed by atoms with Gasteiger partial charge in [-0.2, -0.15) is 0 Å². The van der Waals surface area contributed by atoms with Gasteiger partial charge < -0.3 is 15.2 Å². The van der Waals surface area contributed by atoms with E-state index in [1.54, 1.807) is 24.3 Å². The van der Waals surface area contributed by atoms with Crippen LogP contribution in [-0.4, -0.2) is 50.1 Å². The number of carbonyl (C=O) groups is 2. The Balaban J connectivity index is 1.62. The number of rotatable bonds is 9. The van der Waals surface area contributed by atoms with Gasteiger partial charge in [0.15, 0.2) is 5.13 Å². The van der Waals surface area contributed by atoms with Gasteiger partial charge in [-0.05, 0) is 37.6 Å². The number of carbonyl (C=O) groups excluding carboxylic acids is 1. The Morgan fingerprint density at radius 2 is 1.97 bits per heavy atom. The molecule has 1 amide bonds. The number of pyridine rings is 3. The fraction of sp³-hybridized carbons (Fsp3) is 0.250. The van der Waals surface area contributed by atoms with Gasteiger partial charge in [0.05, 0.1) is 18.9 Å². The molecule has 0 saturated heterocycles. The zero-order chi connectivity index (χ0) is 25.8. The molecular weight excluding hydrogens is 504 g/mol. The Hall–Kier alpha value is -3.83. The lowest BCUT2D eigenvalue weighted by atomic mass is 10.0. The first-order chi connectivity index (χ1) is 17.3. The molecule has 4 aromatic heterocycles. The minimum atomic E-state index is -0.939. The quantitative estimate of drug-likeness (QED) is 0.256. The van der Waals surface area contributed by atoms with Crippen LogP contribution in [0.4, 0.5) is 10.9 Å². The predicted molar refractivity (Wildman–Crippen MR) is 139 cm³/mol. The summed E-state index contributed by atoms with van der Waals surface area (Å²) in [5, 5.41) is 15.7. The van der Waals surface area contributed by atoms with E-state index in [9.17, 15) is 14.7 Å². The van der Waals surface area contributed by atoms with Crippen LogP contribution < -0.4 is 15.4 Å². The highest BCUT2D eigenvalue weighted by Gasteiger charge is 2.20. The second-order valence-corrected chi connectivity index (χ2v) is 9.26. The molecule has 0 saturated carbocycles. The van der Waals surface area contributed by atoms with Gasteiger partial charge in [0.1, 0.15) is 33.1 Å². The number of fused-ring (bicyclic) bond motifs is 1. The van der Waals surface area contributed by atoms with E-state index in [2.05, 4.69) is 30.6 Å². The zero-order valence-corrected chi connectivity index (χ0v) is 21.3. The van der Waals surface area contributed by atoms with Crippen LogP contribution in [0.5, 0.6) is 5.75 Å². The molecule has 0 aliphatic carbocycles. The number of aryl methyl sites for hydroxylation is 1. The maximum absolute atomic E-state index is 13.3. The first-order valence-electron chi connectivity index (χ1n) is 11.0. The van der Waals surface area contributed by atoms with Crippen molar-refractivity contribution in [2.75, 3.05) is 17.7 Å². The van der Waals surface area contributed by atoms with Crippen LogP contribution in [0.1, 0.15) is 35.8 Å². The third-order valence-corrected chi connectivity index (χ3v) is 6.39. The van der Waals surface area contributed by atoms with Crippen LogP contribution in [-0.2, 0) is 4.79 Å². The highest BCUT2D eigenvalue weighted by Crippen LogP contribution is 2.34. The summed E-state index contributed by atoms with van der Waals surface area (Å²) in [6.45, 7) is 3.74. The largest absolute Gasteiger partial charge is 0.494 e. The van der Waals surface area contributed by atoms with Crippen LogP contribution in [0.3, 0.4) is 0 Å². The molecule has 0 aromatic carbocycles. The molecule has 4 rings (SSSR count). The first kappa shape index (κ1) is 25.3. The number of methoxy groups -OCH3 is 1. The molecule has 0 bridgehead atoms. The summed E-state index contributed by atoms with van der Waals surface area (Å²) in [4.78, 5) is 42.5. The van der Waals surface area contributed by atoms with E-state index in [0.29, 0.717) is 55.9 Å². The Kier molecular flexibility index (Phi) is 7.61. The number of carboxylic acids is 1. The van der Waals surface area contributed by atoms with Crippen molar-refractivity contribution in [2.45, 2.75) is 32.7 Å². The van der Waals surface area contributed by atoms with Gasteiger partial charge >= 0.3 is 5.97 Å². The lowest BCUT2D eigenvalue weighted by molar-refractivity contribution is -0.138. The van der Waals surface area contributed by atoms with E-state index in [1.165, 1.54) is 30.8 Å². The number of amides is 1. The SMILES string of the molecule is CCCC(Nc1ccc2nc(NC(=O)c3cnc(C)cc3-c3cc(Cl)ncc3OC)sc2n1)C(=O)O. The number of carboxylic acid groups (broad SMARTS) is 1. The van der Waals surface area contributed by atoms with Crippen molar-refractivity contribution < 1.29 is 19.4 Å². The average Bonchev–Trinajstić information content (AvgIpc) is 3.25. The Morgan fingerprint density at radius 1 is 1.17 bits per heavy atom. The van der Waals surface area contributed by atoms with Crippen molar-refractivity contribution in [3.05, 3.63) is 53.1 Å². The monoisotopic (exact) mass is 526 g/mol. The standard InChI is InChI=1S/C24H23ClN6O4S/c1-4-5-17(23(33)34)28-20-7-6-16-22(30-20)36-24(29-16)31-21(32)15-10-26-12(2)8-13(15)14-9-19(25)27-11-18(14)35-3/h6-11,17H,4-5H2,1-3H3,(H,28,30)(H,33,34)(H,29,31,32). The van der Waals surface area contributed by atoms with E-state index in [0.717, 1.165) is 6.42 Å². The van der Waals surface area contributed by atoms with Crippen molar-refractivity contribution in [1.29, 1.82) is 0 Å². The summed E-state index contributed by atoms with van der Waals surface area (Å²) in [7, 11) is 1.51. The zero-order valence-electron chi connectivity index (χ0n) is 19.7. The molecule has 1 unspecified atom stereocenters. The fourth-order valence-electron chi connectivity index (χ4n) is 3.59. The van der Waals surface area contributed by atoms with Crippen molar-refractivity contribution in [3.63, 3.8) is 0 Å². The predicted octanol–water partition coefficient (Wildman–Crippen LogP) is 5.04. The van der Waals surface area contributed by atoms with E-state index < -0.39 is 17.9 Å². The van der Waals surface area contributed by atoms with E-state index in [-0.39, 0.29) is 5.15 Å². The fourth-order valence-corrected chi connectivity index (χ4v) is 4.59. The van der Waals surface area contributed by atoms with Crippen LogP contribution >= 0.6 is 22.9 Å².